The van der Waals surface area contributed by atoms with Crippen molar-refractivity contribution in [1.82, 2.24) is 10.3 Å². The summed E-state index contributed by atoms with van der Waals surface area (Å²) in [5, 5.41) is 11.2. The fourth-order valence-corrected chi connectivity index (χ4v) is 2.17. The summed E-state index contributed by atoms with van der Waals surface area (Å²) in [7, 11) is -3.67. The van der Waals surface area contributed by atoms with E-state index in [2.05, 4.69) is 22.2 Å². The van der Waals surface area contributed by atoms with Crippen molar-refractivity contribution in [1.29, 1.82) is 0 Å². The molecule has 2 aromatic rings. The number of hydrogen-bond acceptors (Lipinski definition) is 5. The molecule has 6 nitrogen and oxygen atoms in total. The highest BCUT2D eigenvalue weighted by Crippen LogP contribution is 2.13. The van der Waals surface area contributed by atoms with Gasteiger partial charge in [0.05, 0.1) is 10.7 Å². The van der Waals surface area contributed by atoms with Crippen molar-refractivity contribution in [3.8, 4) is 0 Å². The number of aromatic nitrogens is 1. The minimum atomic E-state index is -3.67. The van der Waals surface area contributed by atoms with E-state index in [1.54, 1.807) is 24.5 Å². The average Bonchev–Trinajstić information content (AvgIpc) is 2.46. The topological polar surface area (TPSA) is 97.1 Å². The lowest BCUT2D eigenvalue weighted by Crippen LogP contribution is -2.18. The number of nitrogens with zero attached hydrogens (tertiary/aromatic N) is 1. The van der Waals surface area contributed by atoms with Crippen LogP contribution in [0.5, 0.6) is 0 Å². The van der Waals surface area contributed by atoms with Crippen LogP contribution in [0.2, 0.25) is 0 Å². The van der Waals surface area contributed by atoms with E-state index in [4.69, 9.17) is 5.14 Å². The van der Waals surface area contributed by atoms with Gasteiger partial charge in [0, 0.05) is 24.6 Å². The standard InChI is InChI=1S/C14H16N4O2S/c1-11(17-10-12-3-2-8-16-9-12)18-13-4-6-14(7-5-13)21(15,19)20/h2-9,17-18H,1,10H2,(H2,15,19,20). The quantitative estimate of drug-likeness (QED) is 0.749. The van der Waals surface area contributed by atoms with Gasteiger partial charge in [-0.2, -0.15) is 0 Å². The molecule has 0 fully saturated rings. The first-order valence-electron chi connectivity index (χ1n) is 6.17. The number of sulfonamides is 1. The highest BCUT2D eigenvalue weighted by Gasteiger charge is 2.06. The Kier molecular flexibility index (Phi) is 4.56. The monoisotopic (exact) mass is 304 g/mol. The summed E-state index contributed by atoms with van der Waals surface area (Å²) in [6.45, 7) is 4.44. The lowest BCUT2D eigenvalue weighted by atomic mass is 10.3. The molecule has 1 heterocycles. The maximum Gasteiger partial charge on any atom is 0.238 e. The van der Waals surface area contributed by atoms with Crippen LogP contribution in [-0.4, -0.2) is 13.4 Å². The molecule has 0 radical (unpaired) electrons. The van der Waals surface area contributed by atoms with Gasteiger partial charge in [-0.1, -0.05) is 12.6 Å². The number of anilines is 1. The molecule has 1 aromatic carbocycles. The number of hydrogen-bond donors (Lipinski definition) is 3. The van der Waals surface area contributed by atoms with Gasteiger partial charge in [-0.05, 0) is 35.9 Å². The van der Waals surface area contributed by atoms with Crippen molar-refractivity contribution in [2.75, 3.05) is 5.32 Å². The third-order valence-corrected chi connectivity index (χ3v) is 3.64. The number of primary sulfonamides is 1. The fourth-order valence-electron chi connectivity index (χ4n) is 1.66. The summed E-state index contributed by atoms with van der Waals surface area (Å²) in [5.41, 5.74) is 1.75. The fraction of sp³-hybridized carbons (Fsp3) is 0.0714. The van der Waals surface area contributed by atoms with Crippen LogP contribution in [0, 0.1) is 0 Å². The first-order valence-corrected chi connectivity index (χ1v) is 7.71. The van der Waals surface area contributed by atoms with Gasteiger partial charge in [-0.3, -0.25) is 4.98 Å². The number of rotatable bonds is 6. The van der Waals surface area contributed by atoms with Gasteiger partial charge < -0.3 is 10.6 Å². The number of nitrogens with one attached hydrogen (secondary N) is 2. The second-order valence-corrected chi connectivity index (χ2v) is 5.95. The summed E-state index contributed by atoms with van der Waals surface area (Å²) in [5.74, 6) is 0.599. The largest absolute Gasteiger partial charge is 0.368 e. The van der Waals surface area contributed by atoms with Crippen molar-refractivity contribution in [2.24, 2.45) is 5.14 Å². The van der Waals surface area contributed by atoms with Crippen LogP contribution in [0.15, 0.2) is 66.1 Å². The van der Waals surface area contributed by atoms with Crippen molar-refractivity contribution < 1.29 is 8.42 Å². The zero-order valence-electron chi connectivity index (χ0n) is 11.3. The van der Waals surface area contributed by atoms with E-state index < -0.39 is 10.0 Å². The molecule has 0 aliphatic carbocycles. The van der Waals surface area contributed by atoms with Crippen LogP contribution < -0.4 is 15.8 Å². The van der Waals surface area contributed by atoms with Gasteiger partial charge in [0.15, 0.2) is 0 Å². The van der Waals surface area contributed by atoms with Gasteiger partial charge in [0.2, 0.25) is 10.0 Å². The minimum absolute atomic E-state index is 0.0713. The van der Waals surface area contributed by atoms with Gasteiger partial charge >= 0.3 is 0 Å². The van der Waals surface area contributed by atoms with Crippen molar-refractivity contribution in [3.63, 3.8) is 0 Å². The first kappa shape index (κ1) is 15.0. The summed E-state index contributed by atoms with van der Waals surface area (Å²) < 4.78 is 22.3. The maximum atomic E-state index is 11.1. The van der Waals surface area contributed by atoms with Crippen LogP contribution >= 0.6 is 0 Å². The Morgan fingerprint density at radius 3 is 2.52 bits per heavy atom. The van der Waals surface area contributed by atoms with Crippen molar-refractivity contribution >= 4 is 15.7 Å². The molecule has 0 unspecified atom stereocenters. The van der Waals surface area contributed by atoms with Crippen LogP contribution in [0.25, 0.3) is 0 Å². The molecule has 1 aromatic heterocycles. The number of benzene rings is 1. The Morgan fingerprint density at radius 1 is 1.24 bits per heavy atom. The van der Waals surface area contributed by atoms with E-state index in [1.165, 1.54) is 12.1 Å². The second kappa shape index (κ2) is 6.38. The van der Waals surface area contributed by atoms with E-state index in [9.17, 15) is 8.42 Å². The van der Waals surface area contributed by atoms with Crippen LogP contribution in [0.3, 0.4) is 0 Å². The highest BCUT2D eigenvalue weighted by atomic mass is 32.2. The predicted octanol–water partition coefficient (Wildman–Crippen LogP) is 1.40. The average molecular weight is 304 g/mol. The van der Waals surface area contributed by atoms with Gasteiger partial charge in [0.1, 0.15) is 0 Å². The molecular weight excluding hydrogens is 288 g/mol. The van der Waals surface area contributed by atoms with E-state index in [0.29, 0.717) is 18.1 Å². The van der Waals surface area contributed by atoms with Crippen LogP contribution in [-0.2, 0) is 16.6 Å². The molecule has 2 rings (SSSR count). The Balaban J connectivity index is 1.91. The summed E-state index contributed by atoms with van der Waals surface area (Å²) in [6, 6.07) is 9.93. The molecule has 0 bridgehead atoms. The van der Waals surface area contributed by atoms with Crippen LogP contribution in [0.1, 0.15) is 5.56 Å². The first-order chi connectivity index (χ1) is 9.95. The van der Waals surface area contributed by atoms with Gasteiger partial charge in [-0.25, -0.2) is 13.6 Å². The van der Waals surface area contributed by atoms with E-state index in [0.717, 1.165) is 5.56 Å². The van der Waals surface area contributed by atoms with Gasteiger partial charge in [-0.15, -0.1) is 0 Å². The molecule has 110 valence electrons. The van der Waals surface area contributed by atoms with E-state index in [-0.39, 0.29) is 4.90 Å². The van der Waals surface area contributed by atoms with Crippen molar-refractivity contribution in [3.05, 3.63) is 66.8 Å². The Labute approximate surface area is 123 Å². The number of nitrogens with two attached hydrogens (primary N) is 1. The molecular formula is C14H16N4O2S. The van der Waals surface area contributed by atoms with E-state index >= 15 is 0 Å². The maximum absolute atomic E-state index is 11.1. The highest BCUT2D eigenvalue weighted by molar-refractivity contribution is 7.89. The smallest absolute Gasteiger partial charge is 0.238 e. The Hall–Kier alpha value is -2.38. The molecule has 0 aliphatic rings. The SMILES string of the molecule is C=C(NCc1cccnc1)Nc1ccc(S(N)(=O)=O)cc1. The van der Waals surface area contributed by atoms with E-state index in [1.807, 2.05) is 12.1 Å². The lowest BCUT2D eigenvalue weighted by Gasteiger charge is -2.12. The van der Waals surface area contributed by atoms with Crippen LogP contribution in [0.4, 0.5) is 5.69 Å². The van der Waals surface area contributed by atoms with Crippen molar-refractivity contribution in [2.45, 2.75) is 11.4 Å². The summed E-state index contributed by atoms with van der Waals surface area (Å²) >= 11 is 0. The lowest BCUT2D eigenvalue weighted by molar-refractivity contribution is 0.598. The second-order valence-electron chi connectivity index (χ2n) is 4.39. The predicted molar refractivity (Wildman–Crippen MR) is 81.7 cm³/mol. The third kappa shape index (κ3) is 4.59. The molecule has 7 heteroatoms. The summed E-state index contributed by atoms with van der Waals surface area (Å²) in [6.07, 6.45) is 3.48. The Bertz CT molecular complexity index is 712. The zero-order chi connectivity index (χ0) is 15.3. The minimum Gasteiger partial charge on any atom is -0.368 e. The molecule has 21 heavy (non-hydrogen) atoms. The zero-order valence-corrected chi connectivity index (χ0v) is 12.1. The molecule has 0 saturated heterocycles. The summed E-state index contributed by atoms with van der Waals surface area (Å²) in [4.78, 5) is 4.09. The van der Waals surface area contributed by atoms with Gasteiger partial charge in [0.25, 0.3) is 0 Å². The third-order valence-electron chi connectivity index (χ3n) is 2.71. The number of pyridine rings is 1. The molecule has 0 amide bonds. The normalized spacial score (nSPS) is 10.9. The Morgan fingerprint density at radius 2 is 1.95 bits per heavy atom. The molecule has 0 aliphatic heterocycles. The molecule has 0 atom stereocenters. The molecule has 0 spiro atoms. The molecule has 4 N–H and O–H groups in total. The molecule has 0 saturated carbocycles.